The number of hydrogen-bond donors (Lipinski definition) is 2. The first-order valence-corrected chi connectivity index (χ1v) is 5.85. The maximum Gasteiger partial charge on any atom is 0.338 e. The number of fused-ring (bicyclic) bond motifs is 1. The van der Waals surface area contributed by atoms with Crippen molar-refractivity contribution in [2.75, 3.05) is 6.54 Å². The third-order valence-electron chi connectivity index (χ3n) is 3.55. The molecule has 5 nitrogen and oxygen atoms in total. The summed E-state index contributed by atoms with van der Waals surface area (Å²) >= 11 is 0. The van der Waals surface area contributed by atoms with Crippen molar-refractivity contribution in [3.05, 3.63) is 36.3 Å². The van der Waals surface area contributed by atoms with E-state index in [1.165, 1.54) is 0 Å². The second-order valence-electron chi connectivity index (χ2n) is 4.83. The quantitative estimate of drug-likeness (QED) is 0.643. The molecule has 1 saturated carbocycles. The molecule has 2 amide bonds. The van der Waals surface area contributed by atoms with Gasteiger partial charge in [0, 0.05) is 16.2 Å². The minimum absolute atomic E-state index is 0.180. The summed E-state index contributed by atoms with van der Waals surface area (Å²) in [4.78, 5) is 10.9. The fraction of sp³-hybridized carbons (Fsp3) is 0.308. The Balaban J connectivity index is 1.97. The minimum Gasteiger partial charge on any atom is -0.467 e. The van der Waals surface area contributed by atoms with Crippen LogP contribution in [0, 0.1) is 0 Å². The van der Waals surface area contributed by atoms with Gasteiger partial charge >= 0.3 is 6.03 Å². The predicted molar refractivity (Wildman–Crippen MR) is 65.2 cm³/mol. The van der Waals surface area contributed by atoms with Crippen molar-refractivity contribution < 1.29 is 14.4 Å². The van der Waals surface area contributed by atoms with Gasteiger partial charge < -0.3 is 10.2 Å². The first-order valence-electron chi connectivity index (χ1n) is 5.85. The Labute approximate surface area is 104 Å². The van der Waals surface area contributed by atoms with E-state index in [0.29, 0.717) is 5.06 Å². The second-order valence-corrected chi connectivity index (χ2v) is 4.83. The molecule has 3 rings (SSSR count). The van der Waals surface area contributed by atoms with Gasteiger partial charge in [0.2, 0.25) is 0 Å². The zero-order valence-electron chi connectivity index (χ0n) is 9.80. The number of urea groups is 1. The molecule has 0 aliphatic heterocycles. The molecule has 0 bridgehead atoms. The van der Waals surface area contributed by atoms with Gasteiger partial charge in [0.05, 0.1) is 12.8 Å². The Morgan fingerprint density at radius 3 is 2.83 bits per heavy atom. The van der Waals surface area contributed by atoms with Gasteiger partial charge in [0.15, 0.2) is 0 Å². The summed E-state index contributed by atoms with van der Waals surface area (Å²) in [6, 6.07) is 7.02. The minimum atomic E-state index is -0.836. The van der Waals surface area contributed by atoms with Crippen LogP contribution in [0.1, 0.15) is 18.6 Å². The van der Waals surface area contributed by atoms with Crippen LogP contribution in [0.4, 0.5) is 4.79 Å². The van der Waals surface area contributed by atoms with Crippen LogP contribution >= 0.6 is 0 Å². The summed E-state index contributed by atoms with van der Waals surface area (Å²) in [7, 11) is 0. The molecule has 0 unspecified atom stereocenters. The number of amides is 2. The van der Waals surface area contributed by atoms with Crippen molar-refractivity contribution in [2.24, 2.45) is 5.73 Å². The number of furan rings is 1. The van der Waals surface area contributed by atoms with E-state index in [2.05, 4.69) is 0 Å². The number of nitrogens with zero attached hydrogens (tertiary/aromatic N) is 1. The molecule has 1 fully saturated rings. The molecule has 2 aromatic rings. The Bertz CT molecular complexity index is 601. The van der Waals surface area contributed by atoms with E-state index in [4.69, 9.17) is 10.2 Å². The molecule has 1 aromatic heterocycles. The third kappa shape index (κ3) is 1.64. The Kier molecular flexibility index (Phi) is 2.31. The van der Waals surface area contributed by atoms with Crippen molar-refractivity contribution >= 4 is 16.8 Å². The molecule has 1 heterocycles. The largest absolute Gasteiger partial charge is 0.467 e. The van der Waals surface area contributed by atoms with Crippen LogP contribution in [0.5, 0.6) is 0 Å². The zero-order valence-corrected chi connectivity index (χ0v) is 9.80. The molecule has 1 aliphatic carbocycles. The maximum atomic E-state index is 10.9. The molecular weight excluding hydrogens is 232 g/mol. The Morgan fingerprint density at radius 2 is 2.17 bits per heavy atom. The maximum absolute atomic E-state index is 10.9. The fourth-order valence-electron chi connectivity index (χ4n) is 2.38. The van der Waals surface area contributed by atoms with E-state index < -0.39 is 6.03 Å². The predicted octanol–water partition coefficient (Wildman–Crippen LogP) is 2.23. The highest BCUT2D eigenvalue weighted by atomic mass is 16.5. The van der Waals surface area contributed by atoms with Crippen molar-refractivity contribution in [3.63, 3.8) is 0 Å². The number of rotatable bonds is 3. The lowest BCUT2D eigenvalue weighted by Gasteiger charge is -2.19. The summed E-state index contributed by atoms with van der Waals surface area (Å²) in [5.74, 6) is 0.832. The summed E-state index contributed by atoms with van der Waals surface area (Å²) < 4.78 is 5.63. The van der Waals surface area contributed by atoms with E-state index in [0.717, 1.165) is 29.4 Å². The fourth-order valence-corrected chi connectivity index (χ4v) is 2.38. The van der Waals surface area contributed by atoms with Crippen molar-refractivity contribution in [1.82, 2.24) is 5.06 Å². The van der Waals surface area contributed by atoms with E-state index >= 15 is 0 Å². The van der Waals surface area contributed by atoms with E-state index in [9.17, 15) is 10.0 Å². The number of hydroxylamine groups is 2. The number of hydrogen-bond acceptors (Lipinski definition) is 3. The second kappa shape index (κ2) is 3.74. The topological polar surface area (TPSA) is 79.7 Å². The first-order chi connectivity index (χ1) is 8.62. The summed E-state index contributed by atoms with van der Waals surface area (Å²) in [6.07, 6.45) is 3.47. The van der Waals surface area contributed by atoms with Crippen LogP contribution in [-0.2, 0) is 5.41 Å². The molecule has 0 radical (unpaired) electrons. The molecule has 3 N–H and O–H groups in total. The zero-order chi connectivity index (χ0) is 12.8. The van der Waals surface area contributed by atoms with Gasteiger partial charge in [-0.1, -0.05) is 24.3 Å². The lowest BCUT2D eigenvalue weighted by Crippen LogP contribution is -2.38. The van der Waals surface area contributed by atoms with Crippen LogP contribution in [0.3, 0.4) is 0 Å². The van der Waals surface area contributed by atoms with Gasteiger partial charge in [-0.3, -0.25) is 5.21 Å². The van der Waals surface area contributed by atoms with Crippen LogP contribution in [0.25, 0.3) is 10.8 Å². The lowest BCUT2D eigenvalue weighted by molar-refractivity contribution is -0.0476. The van der Waals surface area contributed by atoms with Crippen LogP contribution in [-0.4, -0.2) is 22.8 Å². The van der Waals surface area contributed by atoms with Gasteiger partial charge in [-0.15, -0.1) is 0 Å². The van der Waals surface area contributed by atoms with Crippen LogP contribution in [0.15, 0.2) is 34.9 Å². The van der Waals surface area contributed by atoms with Crippen molar-refractivity contribution in [3.8, 4) is 0 Å². The van der Waals surface area contributed by atoms with Crippen LogP contribution < -0.4 is 5.73 Å². The van der Waals surface area contributed by atoms with E-state index in [1.807, 2.05) is 24.3 Å². The van der Waals surface area contributed by atoms with Crippen LogP contribution in [0.2, 0.25) is 0 Å². The number of carbonyl (C=O) groups excluding carboxylic acids is 1. The molecule has 1 aliphatic rings. The van der Waals surface area contributed by atoms with Gasteiger partial charge in [-0.2, -0.15) is 0 Å². The van der Waals surface area contributed by atoms with Gasteiger partial charge in [-0.25, -0.2) is 9.86 Å². The molecule has 94 valence electrons. The van der Waals surface area contributed by atoms with Crippen molar-refractivity contribution in [1.29, 1.82) is 0 Å². The summed E-state index contributed by atoms with van der Waals surface area (Å²) in [5.41, 5.74) is 4.76. The molecule has 18 heavy (non-hydrogen) atoms. The monoisotopic (exact) mass is 246 g/mol. The normalized spacial score (nSPS) is 16.7. The molecule has 5 heteroatoms. The lowest BCUT2D eigenvalue weighted by atomic mass is 9.99. The molecule has 1 aromatic carbocycles. The number of nitrogens with two attached hydrogens (primary N) is 1. The first kappa shape index (κ1) is 11.1. The van der Waals surface area contributed by atoms with Crippen molar-refractivity contribution in [2.45, 2.75) is 18.3 Å². The van der Waals surface area contributed by atoms with E-state index in [1.54, 1.807) is 6.26 Å². The number of primary amides is 1. The van der Waals surface area contributed by atoms with E-state index in [-0.39, 0.29) is 12.0 Å². The highest BCUT2D eigenvalue weighted by molar-refractivity contribution is 5.85. The number of carbonyl (C=O) groups is 1. The summed E-state index contributed by atoms with van der Waals surface area (Å²) in [6.45, 7) is 0.180. The third-order valence-corrected chi connectivity index (χ3v) is 3.55. The number of benzene rings is 1. The molecule has 0 saturated heterocycles. The Morgan fingerprint density at radius 1 is 1.44 bits per heavy atom. The smallest absolute Gasteiger partial charge is 0.338 e. The SMILES string of the molecule is NC(=O)N(O)CC1(c2occ3ccccc23)CC1. The molecule has 0 spiro atoms. The highest BCUT2D eigenvalue weighted by Gasteiger charge is 2.49. The van der Waals surface area contributed by atoms with Gasteiger partial charge in [-0.05, 0) is 12.8 Å². The summed E-state index contributed by atoms with van der Waals surface area (Å²) in [5, 5.41) is 12.1. The van der Waals surface area contributed by atoms with Gasteiger partial charge in [0.1, 0.15) is 5.76 Å². The highest BCUT2D eigenvalue weighted by Crippen LogP contribution is 2.51. The van der Waals surface area contributed by atoms with Gasteiger partial charge in [0.25, 0.3) is 0 Å². The Hall–Kier alpha value is -2.01. The molecular formula is C13H14N2O3. The average Bonchev–Trinajstić information content (AvgIpc) is 3.00. The standard InChI is InChI=1S/C13H14N2O3/c14-12(16)15(17)8-13(5-6-13)11-10-4-2-1-3-9(10)7-18-11/h1-4,7,17H,5-6,8H2,(H2,14,16). The average molecular weight is 246 g/mol. The molecule has 0 atom stereocenters.